The first-order valence-electron chi connectivity index (χ1n) is 6.88. The number of pyridine rings is 1. The van der Waals surface area contributed by atoms with Gasteiger partial charge >= 0.3 is 12.5 Å². The van der Waals surface area contributed by atoms with Crippen molar-refractivity contribution in [2.45, 2.75) is 19.1 Å². The lowest BCUT2D eigenvalue weighted by Crippen LogP contribution is -2.32. The van der Waals surface area contributed by atoms with E-state index in [0.29, 0.717) is 10.6 Å². The highest BCUT2D eigenvalue weighted by atomic mass is 19.4. The number of hydrogen-bond donors (Lipinski definition) is 1. The Morgan fingerprint density at radius 3 is 2.31 bits per heavy atom. The maximum atomic E-state index is 12.7. The Balaban J connectivity index is 2.20. The quantitative estimate of drug-likeness (QED) is 0.828. The van der Waals surface area contributed by atoms with E-state index in [-0.39, 0.29) is 5.69 Å². The summed E-state index contributed by atoms with van der Waals surface area (Å²) in [5.41, 5.74) is -3.27. The molecule has 0 atom stereocenters. The predicted octanol–water partition coefficient (Wildman–Crippen LogP) is 3.40. The molecule has 0 saturated heterocycles. The van der Waals surface area contributed by atoms with Gasteiger partial charge in [-0.2, -0.15) is 13.2 Å². The van der Waals surface area contributed by atoms with E-state index in [4.69, 9.17) is 0 Å². The minimum atomic E-state index is -5.00. The third kappa shape index (κ3) is 5.01. The van der Waals surface area contributed by atoms with Crippen molar-refractivity contribution in [1.82, 2.24) is 4.57 Å². The van der Waals surface area contributed by atoms with Crippen molar-refractivity contribution < 1.29 is 35.9 Å². The van der Waals surface area contributed by atoms with Gasteiger partial charge in [-0.25, -0.2) is 0 Å². The van der Waals surface area contributed by atoms with E-state index in [1.165, 1.54) is 12.1 Å². The molecule has 1 N–H and O–H groups in total. The van der Waals surface area contributed by atoms with E-state index in [1.54, 1.807) is 0 Å². The average molecular weight is 380 g/mol. The monoisotopic (exact) mass is 380 g/mol. The standard InChI is InChI=1S/C15H10F6N2O3/c16-14(17,18)9-4-3-7-23(13(9)25)8-12(24)22-10-5-1-2-6-11(10)26-15(19,20)21/h1-7H,8H2,(H,22,24). The second kappa shape index (κ2) is 7.10. The number of para-hydroxylation sites is 2. The molecule has 1 amide bonds. The van der Waals surface area contributed by atoms with Gasteiger partial charge < -0.3 is 14.6 Å². The van der Waals surface area contributed by atoms with Gasteiger partial charge in [-0.05, 0) is 24.3 Å². The van der Waals surface area contributed by atoms with E-state index in [0.717, 1.165) is 24.4 Å². The van der Waals surface area contributed by atoms with Gasteiger partial charge in [0.1, 0.15) is 12.1 Å². The number of carbonyl (C=O) groups is 1. The molecule has 0 unspecified atom stereocenters. The van der Waals surface area contributed by atoms with Crippen LogP contribution in [0.15, 0.2) is 47.4 Å². The zero-order valence-electron chi connectivity index (χ0n) is 12.7. The first-order chi connectivity index (χ1) is 12.0. The van der Waals surface area contributed by atoms with E-state index >= 15 is 0 Å². The smallest absolute Gasteiger partial charge is 0.404 e. The molecule has 1 heterocycles. The molecular formula is C15H10F6N2O3. The number of nitrogens with zero attached hydrogens (tertiary/aromatic N) is 1. The highest BCUT2D eigenvalue weighted by Gasteiger charge is 2.34. The molecule has 5 nitrogen and oxygen atoms in total. The van der Waals surface area contributed by atoms with Crippen LogP contribution in [0.3, 0.4) is 0 Å². The summed E-state index contributed by atoms with van der Waals surface area (Å²) in [6.07, 6.45) is -8.95. The molecule has 0 fully saturated rings. The Morgan fingerprint density at radius 2 is 1.69 bits per heavy atom. The summed E-state index contributed by atoms with van der Waals surface area (Å²) < 4.78 is 79.3. The Bertz CT molecular complexity index is 857. The summed E-state index contributed by atoms with van der Waals surface area (Å²) in [5, 5.41) is 2.06. The van der Waals surface area contributed by atoms with Crippen LogP contribution in [0.4, 0.5) is 32.0 Å². The number of hydrogen-bond acceptors (Lipinski definition) is 3. The fourth-order valence-corrected chi connectivity index (χ4v) is 2.01. The van der Waals surface area contributed by atoms with Crippen LogP contribution in [0.1, 0.15) is 5.56 Å². The number of amides is 1. The molecule has 1 aromatic carbocycles. The lowest BCUT2D eigenvalue weighted by molar-refractivity contribution is -0.274. The first-order valence-corrected chi connectivity index (χ1v) is 6.88. The van der Waals surface area contributed by atoms with Crippen molar-refractivity contribution in [1.29, 1.82) is 0 Å². The van der Waals surface area contributed by atoms with E-state index in [9.17, 15) is 35.9 Å². The van der Waals surface area contributed by atoms with Crippen LogP contribution >= 0.6 is 0 Å². The van der Waals surface area contributed by atoms with Gasteiger partial charge in [0.2, 0.25) is 5.91 Å². The molecule has 0 saturated carbocycles. The van der Waals surface area contributed by atoms with Crippen LogP contribution in [0, 0.1) is 0 Å². The minimum absolute atomic E-state index is 0.352. The zero-order chi connectivity index (χ0) is 19.5. The molecule has 0 aliphatic carbocycles. The van der Waals surface area contributed by atoms with E-state index in [1.807, 2.05) is 0 Å². The van der Waals surface area contributed by atoms with Crippen molar-refractivity contribution in [2.75, 3.05) is 5.32 Å². The van der Waals surface area contributed by atoms with Crippen LogP contribution in [0.25, 0.3) is 0 Å². The van der Waals surface area contributed by atoms with Gasteiger partial charge in [0.05, 0.1) is 5.69 Å². The molecule has 140 valence electrons. The third-order valence-electron chi connectivity index (χ3n) is 3.03. The topological polar surface area (TPSA) is 60.3 Å². The summed E-state index contributed by atoms with van der Waals surface area (Å²) in [4.78, 5) is 23.7. The van der Waals surface area contributed by atoms with Crippen molar-refractivity contribution >= 4 is 11.6 Å². The molecule has 0 bridgehead atoms. The number of rotatable bonds is 4. The Labute approximate surface area is 141 Å². The summed E-state index contributed by atoms with van der Waals surface area (Å²) in [6, 6.07) is 6.08. The van der Waals surface area contributed by atoms with E-state index < -0.39 is 41.9 Å². The second-order valence-electron chi connectivity index (χ2n) is 4.94. The molecule has 2 rings (SSSR count). The maximum Gasteiger partial charge on any atom is 0.573 e. The molecule has 0 radical (unpaired) electrons. The van der Waals surface area contributed by atoms with Gasteiger partial charge in [-0.15, -0.1) is 13.2 Å². The molecule has 0 aliphatic heterocycles. The summed E-state index contributed by atoms with van der Waals surface area (Å²) in [7, 11) is 0. The number of alkyl halides is 6. The molecule has 0 aliphatic rings. The zero-order valence-corrected chi connectivity index (χ0v) is 12.7. The van der Waals surface area contributed by atoms with E-state index in [2.05, 4.69) is 10.1 Å². The summed E-state index contributed by atoms with van der Waals surface area (Å²) >= 11 is 0. The molecule has 1 aromatic heterocycles. The average Bonchev–Trinajstić information content (AvgIpc) is 2.49. The normalized spacial score (nSPS) is 11.9. The fraction of sp³-hybridized carbons (Fsp3) is 0.200. The molecule has 0 spiro atoms. The highest BCUT2D eigenvalue weighted by molar-refractivity contribution is 5.92. The number of halogens is 6. The number of ether oxygens (including phenoxy) is 1. The molecule has 2 aromatic rings. The third-order valence-corrected chi connectivity index (χ3v) is 3.03. The number of anilines is 1. The fourth-order valence-electron chi connectivity index (χ4n) is 2.01. The van der Waals surface area contributed by atoms with Crippen LogP contribution < -0.4 is 15.6 Å². The SMILES string of the molecule is O=C(Cn1cccc(C(F)(F)F)c1=O)Nc1ccccc1OC(F)(F)F. The number of benzene rings is 1. The Morgan fingerprint density at radius 1 is 1.04 bits per heavy atom. The Hall–Kier alpha value is -2.98. The van der Waals surface area contributed by atoms with Crippen LogP contribution in [0.5, 0.6) is 5.75 Å². The lowest BCUT2D eigenvalue weighted by Gasteiger charge is -2.14. The molecular weight excluding hydrogens is 370 g/mol. The summed E-state index contributed by atoms with van der Waals surface area (Å²) in [5.74, 6) is -1.71. The van der Waals surface area contributed by atoms with Gasteiger partial charge in [0.25, 0.3) is 5.56 Å². The maximum absolute atomic E-state index is 12.7. The first kappa shape index (κ1) is 19.3. The van der Waals surface area contributed by atoms with Crippen LogP contribution in [-0.4, -0.2) is 16.8 Å². The van der Waals surface area contributed by atoms with Crippen molar-refractivity contribution in [3.8, 4) is 5.75 Å². The number of aromatic nitrogens is 1. The lowest BCUT2D eigenvalue weighted by atomic mass is 10.2. The summed E-state index contributed by atoms with van der Waals surface area (Å²) in [6.45, 7) is -0.830. The van der Waals surface area contributed by atoms with Gasteiger partial charge in [-0.3, -0.25) is 9.59 Å². The van der Waals surface area contributed by atoms with Gasteiger partial charge in [0.15, 0.2) is 5.75 Å². The van der Waals surface area contributed by atoms with Gasteiger partial charge in [0, 0.05) is 6.20 Å². The van der Waals surface area contributed by atoms with Crippen molar-refractivity contribution in [2.24, 2.45) is 0 Å². The second-order valence-corrected chi connectivity index (χ2v) is 4.94. The number of carbonyl (C=O) groups excluding carboxylic acids is 1. The molecule has 26 heavy (non-hydrogen) atoms. The van der Waals surface area contributed by atoms with Gasteiger partial charge in [-0.1, -0.05) is 12.1 Å². The van der Waals surface area contributed by atoms with Crippen molar-refractivity contribution in [3.05, 3.63) is 58.5 Å². The Kier molecular flexibility index (Phi) is 5.28. The minimum Gasteiger partial charge on any atom is -0.404 e. The predicted molar refractivity (Wildman–Crippen MR) is 77.5 cm³/mol. The molecule has 11 heteroatoms. The number of nitrogens with one attached hydrogen (secondary N) is 1. The largest absolute Gasteiger partial charge is 0.573 e. The van der Waals surface area contributed by atoms with Crippen molar-refractivity contribution in [3.63, 3.8) is 0 Å². The van der Waals surface area contributed by atoms with Crippen LogP contribution in [0.2, 0.25) is 0 Å². The highest BCUT2D eigenvalue weighted by Crippen LogP contribution is 2.30. The van der Waals surface area contributed by atoms with Crippen LogP contribution in [-0.2, 0) is 17.5 Å².